The molecule has 0 radical (unpaired) electrons. The largest absolute Gasteiger partial charge is 0.535 e. The number of carbonyl (C=O) groups excluding carboxylic acids is 1. The average Bonchev–Trinajstić information content (AvgIpc) is 3.41. The van der Waals surface area contributed by atoms with E-state index in [4.69, 9.17) is 48.1 Å². The van der Waals surface area contributed by atoms with E-state index in [1.807, 2.05) is 13.8 Å². The predicted molar refractivity (Wildman–Crippen MR) is 164 cm³/mol. The highest BCUT2D eigenvalue weighted by atomic mass is 17.3. The molecule has 0 aromatic heterocycles. The zero-order valence-corrected chi connectivity index (χ0v) is 28.9. The Balaban J connectivity index is 1.13. The van der Waals surface area contributed by atoms with Gasteiger partial charge in [0.15, 0.2) is 23.8 Å². The Morgan fingerprint density at radius 3 is 1.85 bits per heavy atom. The molecule has 8 saturated heterocycles. The standard InChI is InChI=1S/C35H53NO11/c1-8-38-31(37)43-36-26(28-21(5)25-12-10-19(3)23-14-16-33(7)42-30(40-28)35(23,25)47-45-33)17-27-20(4)24-11-9-18(2)22-13-15-32(6)41-29(39-27)34(22,24)46-44-32/h18-25,27-30H,8-17H2,1-7H3/b36-26-/t18-,19-,20-,21-,22+,23+,24+,25+,27-,28+,29-,30-,32+,33+,34?,35?/m1/s1. The summed E-state index contributed by atoms with van der Waals surface area (Å²) in [5, 5.41) is 4.49. The van der Waals surface area contributed by atoms with Crippen molar-refractivity contribution in [1.29, 1.82) is 0 Å². The number of hydrogen-bond acceptors (Lipinski definition) is 12. The van der Waals surface area contributed by atoms with Crippen LogP contribution in [0, 0.1) is 47.3 Å². The van der Waals surface area contributed by atoms with E-state index in [0.29, 0.717) is 24.0 Å². The fourth-order valence-electron chi connectivity index (χ4n) is 11.1. The van der Waals surface area contributed by atoms with Gasteiger partial charge in [-0.15, -0.1) is 0 Å². The van der Waals surface area contributed by atoms with Crippen molar-refractivity contribution in [3.05, 3.63) is 0 Å². The van der Waals surface area contributed by atoms with E-state index >= 15 is 0 Å². The lowest BCUT2D eigenvalue weighted by molar-refractivity contribution is -0.571. The first-order valence-corrected chi connectivity index (χ1v) is 18.2. The molecule has 4 bridgehead atoms. The van der Waals surface area contributed by atoms with Crippen molar-refractivity contribution >= 4 is 11.9 Å². The number of carbonyl (C=O) groups is 1. The Morgan fingerprint density at radius 1 is 0.723 bits per heavy atom. The van der Waals surface area contributed by atoms with Gasteiger partial charge in [-0.1, -0.05) is 32.9 Å². The summed E-state index contributed by atoms with van der Waals surface area (Å²) in [5.74, 6) is -0.0668. The third kappa shape index (κ3) is 4.90. The Morgan fingerprint density at radius 2 is 1.28 bits per heavy atom. The summed E-state index contributed by atoms with van der Waals surface area (Å²) in [6, 6.07) is 0. The molecule has 2 aliphatic carbocycles. The van der Waals surface area contributed by atoms with Crippen LogP contribution in [0.1, 0.15) is 106 Å². The first-order valence-electron chi connectivity index (χ1n) is 18.2. The molecule has 10 rings (SSSR count). The number of ether oxygens (including phenoxy) is 5. The summed E-state index contributed by atoms with van der Waals surface area (Å²) in [4.78, 5) is 42.7. The van der Waals surface area contributed by atoms with Crippen molar-refractivity contribution in [1.82, 2.24) is 0 Å². The van der Waals surface area contributed by atoms with Gasteiger partial charge in [-0.25, -0.2) is 24.3 Å². The Hall–Kier alpha value is -1.38. The van der Waals surface area contributed by atoms with Crippen LogP contribution in [0.15, 0.2) is 5.16 Å². The molecule has 2 spiro atoms. The Bertz CT molecular complexity index is 1270. The van der Waals surface area contributed by atoms with Gasteiger partial charge in [0.25, 0.3) is 0 Å². The smallest absolute Gasteiger partial charge is 0.433 e. The van der Waals surface area contributed by atoms with Crippen LogP contribution < -0.4 is 0 Å². The minimum atomic E-state index is -0.903. The highest BCUT2D eigenvalue weighted by Crippen LogP contribution is 2.63. The average molecular weight is 664 g/mol. The molecule has 0 aromatic carbocycles. The zero-order chi connectivity index (χ0) is 32.9. The SMILES string of the molecule is CCOC(=O)O/N=C(/C[C@H]1O[C@@H]2O[C@]3(C)CC[C@H]4[C@H](C)CC[C@@H]([C@H]1C)C24OO3)[C@H]1O[C@@H]2O[C@]3(C)CC[C@H]4[C@H](C)CC[C@@H]([C@H]1C)C24OO3. The fraction of sp³-hybridized carbons (Fsp3) is 0.943. The summed E-state index contributed by atoms with van der Waals surface area (Å²) >= 11 is 0. The van der Waals surface area contributed by atoms with Gasteiger partial charge in [-0.05, 0) is 94.8 Å². The van der Waals surface area contributed by atoms with Gasteiger partial charge in [0.2, 0.25) is 11.6 Å². The first kappa shape index (κ1) is 32.8. The molecule has 47 heavy (non-hydrogen) atoms. The van der Waals surface area contributed by atoms with Crippen LogP contribution in [0.2, 0.25) is 0 Å². The lowest BCUT2D eigenvalue weighted by Gasteiger charge is -2.61. The van der Waals surface area contributed by atoms with Crippen LogP contribution >= 0.6 is 0 Å². The van der Waals surface area contributed by atoms with Crippen LogP contribution in [-0.2, 0) is 48.1 Å². The lowest BCUT2D eigenvalue weighted by atomic mass is 9.56. The third-order valence-corrected chi connectivity index (χ3v) is 13.7. The molecule has 0 amide bonds. The first-order chi connectivity index (χ1) is 22.4. The maximum Gasteiger partial charge on any atom is 0.535 e. The Kier molecular flexibility index (Phi) is 8.08. The molecular weight excluding hydrogens is 610 g/mol. The van der Waals surface area contributed by atoms with Gasteiger partial charge in [-0.3, -0.25) is 4.84 Å². The van der Waals surface area contributed by atoms with Crippen LogP contribution in [0.5, 0.6) is 0 Å². The highest BCUT2D eigenvalue weighted by Gasteiger charge is 2.71. The van der Waals surface area contributed by atoms with Crippen LogP contribution in [0.3, 0.4) is 0 Å². The molecule has 12 nitrogen and oxygen atoms in total. The molecule has 8 heterocycles. The van der Waals surface area contributed by atoms with Gasteiger partial charge in [0, 0.05) is 31.1 Å². The monoisotopic (exact) mass is 663 g/mol. The van der Waals surface area contributed by atoms with E-state index in [1.165, 1.54) is 0 Å². The molecule has 2 saturated carbocycles. The molecule has 12 heteroatoms. The van der Waals surface area contributed by atoms with Crippen molar-refractivity contribution < 1.29 is 52.9 Å². The van der Waals surface area contributed by atoms with E-state index < -0.39 is 47.6 Å². The summed E-state index contributed by atoms with van der Waals surface area (Å²) in [5.41, 5.74) is -0.802. The van der Waals surface area contributed by atoms with Crippen LogP contribution in [0.4, 0.5) is 4.79 Å². The minimum absolute atomic E-state index is 0.0358. The molecule has 16 atom stereocenters. The van der Waals surface area contributed by atoms with Crippen molar-refractivity contribution in [2.24, 2.45) is 52.5 Å². The summed E-state index contributed by atoms with van der Waals surface area (Å²) in [6.07, 6.45) is 4.97. The Labute approximate surface area is 277 Å². The maximum atomic E-state index is 12.5. The second-order valence-electron chi connectivity index (χ2n) is 16.3. The molecule has 0 aromatic rings. The molecule has 10 aliphatic rings. The molecule has 0 N–H and O–H groups in total. The van der Waals surface area contributed by atoms with Gasteiger partial charge in [0.1, 0.15) is 6.10 Å². The third-order valence-electron chi connectivity index (χ3n) is 13.7. The molecular formula is C35H53NO11. The lowest BCUT2D eigenvalue weighted by Crippen LogP contribution is -2.71. The highest BCUT2D eigenvalue weighted by molar-refractivity contribution is 5.89. The second-order valence-corrected chi connectivity index (χ2v) is 16.3. The van der Waals surface area contributed by atoms with Crippen LogP contribution in [-0.4, -0.2) is 66.0 Å². The molecule has 8 aliphatic heterocycles. The van der Waals surface area contributed by atoms with E-state index in [9.17, 15) is 4.79 Å². The zero-order valence-electron chi connectivity index (χ0n) is 28.9. The number of nitrogens with zero attached hydrogens (tertiary/aromatic N) is 1. The summed E-state index contributed by atoms with van der Waals surface area (Å²) in [7, 11) is 0. The van der Waals surface area contributed by atoms with Crippen molar-refractivity contribution in [2.75, 3.05) is 6.61 Å². The topological polar surface area (TPSA) is 122 Å². The van der Waals surface area contributed by atoms with E-state index in [-0.39, 0.29) is 48.2 Å². The van der Waals surface area contributed by atoms with Gasteiger partial charge in [-0.2, -0.15) is 0 Å². The quantitative estimate of drug-likeness (QED) is 0.107. The molecule has 264 valence electrons. The number of fused-ring (bicyclic) bond motifs is 4. The summed E-state index contributed by atoms with van der Waals surface area (Å²) < 4.78 is 32.3. The van der Waals surface area contributed by atoms with E-state index in [0.717, 1.165) is 51.4 Å². The predicted octanol–water partition coefficient (Wildman–Crippen LogP) is 6.41. The van der Waals surface area contributed by atoms with Gasteiger partial charge >= 0.3 is 6.16 Å². The van der Waals surface area contributed by atoms with Gasteiger partial charge in [0.05, 0.1) is 18.4 Å². The number of rotatable bonds is 5. The fourth-order valence-corrected chi connectivity index (χ4v) is 11.1. The van der Waals surface area contributed by atoms with Crippen molar-refractivity contribution in [2.45, 2.75) is 154 Å². The normalized spacial score (nSPS) is 54.9. The number of hydrogen-bond donors (Lipinski definition) is 0. The summed E-state index contributed by atoms with van der Waals surface area (Å²) in [6.45, 7) is 14.8. The maximum absolute atomic E-state index is 12.5. The van der Waals surface area contributed by atoms with Gasteiger partial charge < -0.3 is 23.7 Å². The van der Waals surface area contributed by atoms with Crippen molar-refractivity contribution in [3.63, 3.8) is 0 Å². The van der Waals surface area contributed by atoms with Crippen LogP contribution in [0.25, 0.3) is 0 Å². The molecule has 2 unspecified atom stereocenters. The van der Waals surface area contributed by atoms with E-state index in [2.05, 4.69) is 32.9 Å². The molecule has 10 fully saturated rings. The van der Waals surface area contributed by atoms with E-state index in [1.54, 1.807) is 6.92 Å². The second kappa shape index (κ2) is 11.6. The number of oxime groups is 1. The minimum Gasteiger partial charge on any atom is -0.433 e. The van der Waals surface area contributed by atoms with Crippen molar-refractivity contribution in [3.8, 4) is 0 Å².